The van der Waals surface area contributed by atoms with Crippen LogP contribution in [0.4, 0.5) is 11.4 Å². The molecule has 2 aromatic carbocycles. The molecule has 25 heavy (non-hydrogen) atoms. The van der Waals surface area contributed by atoms with Gasteiger partial charge in [0.1, 0.15) is 12.6 Å². The fourth-order valence-electron chi connectivity index (χ4n) is 3.37. The van der Waals surface area contributed by atoms with Gasteiger partial charge in [0.2, 0.25) is 5.91 Å². The first kappa shape index (κ1) is 16.1. The van der Waals surface area contributed by atoms with Crippen molar-refractivity contribution in [2.75, 3.05) is 16.8 Å². The maximum Gasteiger partial charge on any atom is 0.338 e. The second-order valence-corrected chi connectivity index (χ2v) is 7.19. The monoisotopic (exact) mass is 400 g/mol. The molecule has 1 N–H and O–H groups in total. The van der Waals surface area contributed by atoms with E-state index in [9.17, 15) is 9.59 Å². The van der Waals surface area contributed by atoms with Crippen LogP contribution in [0.15, 0.2) is 46.9 Å². The number of ether oxygens (including phenoxy) is 1. The Morgan fingerprint density at radius 2 is 2.04 bits per heavy atom. The molecule has 5 nitrogen and oxygen atoms in total. The second kappa shape index (κ2) is 6.52. The predicted molar refractivity (Wildman–Crippen MR) is 98.7 cm³/mol. The number of amides is 1. The Kier molecular flexibility index (Phi) is 4.21. The third kappa shape index (κ3) is 3.14. The average Bonchev–Trinajstić information content (AvgIpc) is 3.11. The molecule has 4 rings (SSSR count). The van der Waals surface area contributed by atoms with Crippen molar-refractivity contribution in [3.05, 3.63) is 58.1 Å². The van der Waals surface area contributed by atoms with Crippen LogP contribution in [0.3, 0.4) is 0 Å². The molecule has 2 aliphatic rings. The lowest BCUT2D eigenvalue weighted by atomic mass is 10.1. The van der Waals surface area contributed by atoms with Crippen molar-refractivity contribution in [3.8, 4) is 0 Å². The Morgan fingerprint density at radius 1 is 1.24 bits per heavy atom. The van der Waals surface area contributed by atoms with Crippen LogP contribution in [0.2, 0.25) is 0 Å². The summed E-state index contributed by atoms with van der Waals surface area (Å²) in [6.45, 7) is 1.09. The van der Waals surface area contributed by atoms with E-state index in [2.05, 4.69) is 26.1 Å². The van der Waals surface area contributed by atoms with E-state index in [1.165, 1.54) is 0 Å². The van der Waals surface area contributed by atoms with E-state index in [4.69, 9.17) is 4.74 Å². The molecule has 6 heteroatoms. The van der Waals surface area contributed by atoms with Gasteiger partial charge in [0.05, 0.1) is 16.9 Å². The molecule has 0 saturated carbocycles. The van der Waals surface area contributed by atoms with Crippen LogP contribution in [0, 0.1) is 0 Å². The Labute approximate surface area is 154 Å². The molecular formula is C19H17BrN2O3. The van der Waals surface area contributed by atoms with Gasteiger partial charge in [-0.15, -0.1) is 0 Å². The summed E-state index contributed by atoms with van der Waals surface area (Å²) in [7, 11) is 0. The standard InChI is InChI=1S/C19H17BrN2O3/c20-14-6-3-12(4-7-14)11-25-19(24)13-5-8-16-15(10-13)21-18(23)17-2-1-9-22(16)17/h3-8,10,17H,1-2,9,11H2,(H,21,23)/t17-/m0/s1. The van der Waals surface area contributed by atoms with Crippen LogP contribution < -0.4 is 10.2 Å². The lowest BCUT2D eigenvalue weighted by Crippen LogP contribution is -2.43. The molecule has 2 aliphatic heterocycles. The first-order valence-corrected chi connectivity index (χ1v) is 9.04. The van der Waals surface area contributed by atoms with E-state index in [0.29, 0.717) is 11.3 Å². The number of nitrogens with zero attached hydrogens (tertiary/aromatic N) is 1. The molecule has 0 aliphatic carbocycles. The van der Waals surface area contributed by atoms with Gasteiger partial charge in [-0.25, -0.2) is 4.79 Å². The number of esters is 1. The number of fused-ring (bicyclic) bond motifs is 3. The van der Waals surface area contributed by atoms with Gasteiger partial charge in [-0.2, -0.15) is 0 Å². The Bertz CT molecular complexity index is 835. The molecular weight excluding hydrogens is 384 g/mol. The molecule has 1 amide bonds. The minimum Gasteiger partial charge on any atom is -0.457 e. The summed E-state index contributed by atoms with van der Waals surface area (Å²) in [5, 5.41) is 2.91. The van der Waals surface area contributed by atoms with E-state index < -0.39 is 5.97 Å². The van der Waals surface area contributed by atoms with Crippen molar-refractivity contribution in [2.24, 2.45) is 0 Å². The van der Waals surface area contributed by atoms with Crippen molar-refractivity contribution in [1.29, 1.82) is 0 Å². The second-order valence-electron chi connectivity index (χ2n) is 6.28. The van der Waals surface area contributed by atoms with Gasteiger partial charge in [-0.1, -0.05) is 28.1 Å². The Hall–Kier alpha value is -2.34. The zero-order valence-corrected chi connectivity index (χ0v) is 15.1. The lowest BCUT2D eigenvalue weighted by molar-refractivity contribution is -0.117. The van der Waals surface area contributed by atoms with E-state index >= 15 is 0 Å². The van der Waals surface area contributed by atoms with Crippen molar-refractivity contribution in [2.45, 2.75) is 25.5 Å². The Balaban J connectivity index is 1.49. The normalized spacial score (nSPS) is 18.4. The number of hydrogen-bond acceptors (Lipinski definition) is 4. The summed E-state index contributed by atoms with van der Waals surface area (Å²) in [5.74, 6) is -0.395. The summed E-state index contributed by atoms with van der Waals surface area (Å²) < 4.78 is 6.36. The summed E-state index contributed by atoms with van der Waals surface area (Å²) in [4.78, 5) is 26.6. The van der Waals surface area contributed by atoms with Crippen LogP contribution >= 0.6 is 15.9 Å². The minimum absolute atomic E-state index is 0.00498. The molecule has 0 radical (unpaired) electrons. The SMILES string of the molecule is O=C(OCc1ccc(Br)cc1)c1ccc2c(c1)NC(=O)[C@@H]1CCCN21. The first-order chi connectivity index (χ1) is 12.1. The van der Waals surface area contributed by atoms with Crippen LogP contribution in [-0.2, 0) is 16.1 Å². The first-order valence-electron chi connectivity index (χ1n) is 8.25. The van der Waals surface area contributed by atoms with Gasteiger partial charge in [0, 0.05) is 11.0 Å². The third-order valence-electron chi connectivity index (χ3n) is 4.64. The number of hydrogen-bond donors (Lipinski definition) is 1. The van der Waals surface area contributed by atoms with Gasteiger partial charge >= 0.3 is 5.97 Å². The third-order valence-corrected chi connectivity index (χ3v) is 5.17. The van der Waals surface area contributed by atoms with E-state index in [1.54, 1.807) is 12.1 Å². The van der Waals surface area contributed by atoms with Crippen LogP contribution in [0.25, 0.3) is 0 Å². The van der Waals surface area contributed by atoms with Crippen LogP contribution in [-0.4, -0.2) is 24.5 Å². The maximum atomic E-state index is 12.3. The highest BCUT2D eigenvalue weighted by Crippen LogP contribution is 2.37. The van der Waals surface area contributed by atoms with Crippen molar-refractivity contribution >= 4 is 39.2 Å². The van der Waals surface area contributed by atoms with Gasteiger partial charge in [-0.3, -0.25) is 4.79 Å². The fourth-order valence-corrected chi connectivity index (χ4v) is 3.63. The maximum absolute atomic E-state index is 12.3. The van der Waals surface area contributed by atoms with E-state index in [1.807, 2.05) is 30.3 Å². The molecule has 0 unspecified atom stereocenters. The van der Waals surface area contributed by atoms with Crippen molar-refractivity contribution < 1.29 is 14.3 Å². The van der Waals surface area contributed by atoms with Gasteiger partial charge in [0.15, 0.2) is 0 Å². The van der Waals surface area contributed by atoms with Gasteiger partial charge < -0.3 is 15.0 Å². The Morgan fingerprint density at radius 3 is 2.84 bits per heavy atom. The fraction of sp³-hybridized carbons (Fsp3) is 0.263. The summed E-state index contributed by atoms with van der Waals surface area (Å²) in [5.41, 5.74) is 3.02. The molecule has 1 atom stereocenters. The van der Waals surface area contributed by atoms with Crippen LogP contribution in [0.5, 0.6) is 0 Å². The summed E-state index contributed by atoms with van der Waals surface area (Å²) in [6, 6.07) is 12.9. The quantitative estimate of drug-likeness (QED) is 0.797. The molecule has 2 aromatic rings. The number of nitrogens with one attached hydrogen (secondary N) is 1. The number of benzene rings is 2. The summed E-state index contributed by atoms with van der Waals surface area (Å²) in [6.07, 6.45) is 1.89. The van der Waals surface area contributed by atoms with Crippen molar-refractivity contribution in [3.63, 3.8) is 0 Å². The topological polar surface area (TPSA) is 58.6 Å². The number of rotatable bonds is 3. The molecule has 128 valence electrons. The molecule has 1 fully saturated rings. The largest absolute Gasteiger partial charge is 0.457 e. The highest BCUT2D eigenvalue weighted by molar-refractivity contribution is 9.10. The molecule has 2 heterocycles. The van der Waals surface area contributed by atoms with Gasteiger partial charge in [-0.05, 0) is 48.7 Å². The van der Waals surface area contributed by atoms with E-state index in [-0.39, 0.29) is 18.6 Å². The zero-order chi connectivity index (χ0) is 17.4. The zero-order valence-electron chi connectivity index (χ0n) is 13.5. The molecule has 0 spiro atoms. The summed E-state index contributed by atoms with van der Waals surface area (Å²) >= 11 is 3.38. The number of anilines is 2. The highest BCUT2D eigenvalue weighted by Gasteiger charge is 2.36. The molecule has 1 saturated heterocycles. The van der Waals surface area contributed by atoms with E-state index in [0.717, 1.165) is 35.1 Å². The van der Waals surface area contributed by atoms with Crippen molar-refractivity contribution in [1.82, 2.24) is 0 Å². The number of halogens is 1. The minimum atomic E-state index is -0.400. The van der Waals surface area contributed by atoms with Crippen LogP contribution in [0.1, 0.15) is 28.8 Å². The molecule has 0 aromatic heterocycles. The average molecular weight is 401 g/mol. The number of carbonyl (C=O) groups excluding carboxylic acids is 2. The highest BCUT2D eigenvalue weighted by atomic mass is 79.9. The predicted octanol–water partition coefficient (Wildman–Crippen LogP) is 3.73. The molecule has 0 bridgehead atoms. The lowest BCUT2D eigenvalue weighted by Gasteiger charge is -2.33. The number of carbonyl (C=O) groups is 2. The smallest absolute Gasteiger partial charge is 0.338 e. The van der Waals surface area contributed by atoms with Gasteiger partial charge in [0.25, 0.3) is 0 Å².